The number of carbonyl (C=O) groups is 1. The van der Waals surface area contributed by atoms with Crippen LogP contribution in [0.25, 0.3) is 0 Å². The van der Waals surface area contributed by atoms with E-state index in [-0.39, 0.29) is 5.91 Å². The number of aromatic nitrogens is 1. The van der Waals surface area contributed by atoms with E-state index in [2.05, 4.69) is 10.3 Å². The molecule has 1 rings (SSSR count). The third-order valence-electron chi connectivity index (χ3n) is 2.55. The summed E-state index contributed by atoms with van der Waals surface area (Å²) in [5.41, 5.74) is 1.10. The molecule has 1 amide bonds. The Morgan fingerprint density at radius 1 is 1.50 bits per heavy atom. The Bertz CT molecular complexity index is 410. The van der Waals surface area contributed by atoms with E-state index in [1.165, 1.54) is 0 Å². The Balaban J connectivity index is 2.86. The van der Waals surface area contributed by atoms with Crippen molar-refractivity contribution in [3.8, 4) is 5.75 Å². The van der Waals surface area contributed by atoms with Crippen LogP contribution in [0.3, 0.4) is 0 Å². The van der Waals surface area contributed by atoms with Crippen LogP contribution in [0.5, 0.6) is 5.75 Å². The molecule has 0 saturated carbocycles. The fourth-order valence-corrected chi connectivity index (χ4v) is 1.44. The molecular formula is C12H19N3O3. The summed E-state index contributed by atoms with van der Waals surface area (Å²) in [5.74, 6) is 0.434. The molecule has 0 saturated heterocycles. The van der Waals surface area contributed by atoms with Gasteiger partial charge in [-0.15, -0.1) is 0 Å². The van der Waals surface area contributed by atoms with Crippen molar-refractivity contribution >= 4 is 11.6 Å². The SMILES string of the molecule is CNc1cnc(C(=O)N(C)CCOC)cc1OC. The molecule has 1 aromatic heterocycles. The first-order chi connectivity index (χ1) is 8.63. The Morgan fingerprint density at radius 3 is 2.78 bits per heavy atom. The highest BCUT2D eigenvalue weighted by Crippen LogP contribution is 2.23. The molecule has 6 heteroatoms. The van der Waals surface area contributed by atoms with Crippen molar-refractivity contribution < 1.29 is 14.3 Å². The van der Waals surface area contributed by atoms with Gasteiger partial charge in [0.05, 0.1) is 25.6 Å². The van der Waals surface area contributed by atoms with Crippen molar-refractivity contribution in [3.05, 3.63) is 18.0 Å². The summed E-state index contributed by atoms with van der Waals surface area (Å²) in [4.78, 5) is 17.7. The normalized spacial score (nSPS) is 10.0. The maximum Gasteiger partial charge on any atom is 0.272 e. The summed E-state index contributed by atoms with van der Waals surface area (Å²) in [6.45, 7) is 1.01. The third-order valence-corrected chi connectivity index (χ3v) is 2.55. The number of nitrogens with one attached hydrogen (secondary N) is 1. The van der Waals surface area contributed by atoms with Gasteiger partial charge in [0.25, 0.3) is 5.91 Å². The predicted octanol–water partition coefficient (Wildman–Crippen LogP) is 0.850. The molecule has 0 aromatic carbocycles. The maximum atomic E-state index is 12.1. The number of amides is 1. The average molecular weight is 253 g/mol. The number of anilines is 1. The van der Waals surface area contributed by atoms with Crippen LogP contribution in [0.15, 0.2) is 12.3 Å². The molecule has 0 spiro atoms. The molecule has 1 N–H and O–H groups in total. The molecule has 0 unspecified atom stereocenters. The Hall–Kier alpha value is -1.82. The van der Waals surface area contributed by atoms with Gasteiger partial charge in [-0.1, -0.05) is 0 Å². The van der Waals surface area contributed by atoms with Crippen LogP contribution in [0.4, 0.5) is 5.69 Å². The monoisotopic (exact) mass is 253 g/mol. The molecule has 0 aliphatic rings. The fraction of sp³-hybridized carbons (Fsp3) is 0.500. The molecular weight excluding hydrogens is 234 g/mol. The van der Waals surface area contributed by atoms with Crippen molar-refractivity contribution in [2.45, 2.75) is 0 Å². The number of pyridine rings is 1. The average Bonchev–Trinajstić information content (AvgIpc) is 2.42. The number of carbonyl (C=O) groups excluding carboxylic acids is 1. The highest BCUT2D eigenvalue weighted by molar-refractivity contribution is 5.93. The number of ether oxygens (including phenoxy) is 2. The Labute approximate surface area is 107 Å². The Kier molecular flexibility index (Phi) is 5.38. The lowest BCUT2D eigenvalue weighted by atomic mass is 10.2. The van der Waals surface area contributed by atoms with Gasteiger partial charge in [0.1, 0.15) is 11.4 Å². The molecule has 100 valence electrons. The van der Waals surface area contributed by atoms with Crippen molar-refractivity contribution in [2.75, 3.05) is 46.8 Å². The lowest BCUT2D eigenvalue weighted by Crippen LogP contribution is -2.30. The van der Waals surface area contributed by atoms with Gasteiger partial charge >= 0.3 is 0 Å². The van der Waals surface area contributed by atoms with Crippen LogP contribution in [0.2, 0.25) is 0 Å². The van der Waals surface area contributed by atoms with Crippen LogP contribution in [0.1, 0.15) is 10.5 Å². The van der Waals surface area contributed by atoms with Gasteiger partial charge in [0, 0.05) is 33.8 Å². The van der Waals surface area contributed by atoms with E-state index in [0.29, 0.717) is 24.6 Å². The van der Waals surface area contributed by atoms with Crippen molar-refractivity contribution in [1.29, 1.82) is 0 Å². The van der Waals surface area contributed by atoms with Crippen molar-refractivity contribution in [3.63, 3.8) is 0 Å². The van der Waals surface area contributed by atoms with Crippen molar-refractivity contribution in [1.82, 2.24) is 9.88 Å². The molecule has 1 aromatic rings. The second kappa shape index (κ2) is 6.80. The summed E-state index contributed by atoms with van der Waals surface area (Å²) in [6, 6.07) is 1.62. The molecule has 0 bridgehead atoms. The Morgan fingerprint density at radius 2 is 2.22 bits per heavy atom. The van der Waals surface area contributed by atoms with E-state index in [9.17, 15) is 4.79 Å². The van der Waals surface area contributed by atoms with Crippen LogP contribution >= 0.6 is 0 Å². The summed E-state index contributed by atoms with van der Waals surface area (Å²) in [5, 5.41) is 2.94. The van der Waals surface area contributed by atoms with Crippen LogP contribution in [0, 0.1) is 0 Å². The zero-order valence-corrected chi connectivity index (χ0v) is 11.2. The number of nitrogens with zero attached hydrogens (tertiary/aromatic N) is 2. The van der Waals surface area contributed by atoms with Crippen LogP contribution in [-0.4, -0.2) is 57.3 Å². The second-order valence-corrected chi connectivity index (χ2v) is 3.74. The highest BCUT2D eigenvalue weighted by Gasteiger charge is 2.15. The minimum atomic E-state index is -0.159. The predicted molar refractivity (Wildman–Crippen MR) is 69.2 cm³/mol. The standard InChI is InChI=1S/C12H19N3O3/c1-13-10-8-14-9(7-11(10)18-4)12(16)15(2)5-6-17-3/h7-8,13H,5-6H2,1-4H3. The van der Waals surface area contributed by atoms with Crippen LogP contribution < -0.4 is 10.1 Å². The van der Waals surface area contributed by atoms with E-state index in [1.54, 1.807) is 45.5 Å². The number of rotatable bonds is 6. The van der Waals surface area contributed by atoms with E-state index < -0.39 is 0 Å². The second-order valence-electron chi connectivity index (χ2n) is 3.74. The lowest BCUT2D eigenvalue weighted by molar-refractivity contribution is 0.0738. The molecule has 6 nitrogen and oxygen atoms in total. The zero-order valence-electron chi connectivity index (χ0n) is 11.2. The molecule has 0 fully saturated rings. The molecule has 18 heavy (non-hydrogen) atoms. The van der Waals surface area contributed by atoms with Gasteiger partial charge in [-0.2, -0.15) is 0 Å². The molecule has 0 aliphatic heterocycles. The lowest BCUT2D eigenvalue weighted by Gasteiger charge is -2.17. The maximum absolute atomic E-state index is 12.1. The number of hydrogen-bond acceptors (Lipinski definition) is 5. The summed E-state index contributed by atoms with van der Waals surface area (Å²) < 4.78 is 10.1. The van der Waals surface area contributed by atoms with Gasteiger partial charge in [0.2, 0.25) is 0 Å². The van der Waals surface area contributed by atoms with Gasteiger partial charge in [-0.3, -0.25) is 4.79 Å². The van der Waals surface area contributed by atoms with E-state index >= 15 is 0 Å². The van der Waals surface area contributed by atoms with E-state index in [0.717, 1.165) is 5.69 Å². The molecule has 0 radical (unpaired) electrons. The smallest absolute Gasteiger partial charge is 0.272 e. The summed E-state index contributed by atoms with van der Waals surface area (Å²) in [7, 11) is 6.63. The van der Waals surface area contributed by atoms with Gasteiger partial charge in [-0.25, -0.2) is 4.98 Å². The number of likely N-dealkylation sites (N-methyl/N-ethyl adjacent to an activating group) is 1. The minimum Gasteiger partial charge on any atom is -0.494 e. The zero-order chi connectivity index (χ0) is 13.5. The van der Waals surface area contributed by atoms with Gasteiger partial charge < -0.3 is 19.7 Å². The van der Waals surface area contributed by atoms with E-state index in [4.69, 9.17) is 9.47 Å². The minimum absolute atomic E-state index is 0.159. The highest BCUT2D eigenvalue weighted by atomic mass is 16.5. The number of hydrogen-bond donors (Lipinski definition) is 1. The van der Waals surface area contributed by atoms with Gasteiger partial charge in [-0.05, 0) is 0 Å². The van der Waals surface area contributed by atoms with E-state index in [1.807, 2.05) is 0 Å². The topological polar surface area (TPSA) is 63.7 Å². The largest absolute Gasteiger partial charge is 0.494 e. The first-order valence-electron chi connectivity index (χ1n) is 5.60. The molecule has 1 heterocycles. The molecule has 0 atom stereocenters. The quantitative estimate of drug-likeness (QED) is 0.814. The number of methoxy groups -OCH3 is 2. The first kappa shape index (κ1) is 14.2. The van der Waals surface area contributed by atoms with Crippen molar-refractivity contribution in [2.24, 2.45) is 0 Å². The van der Waals surface area contributed by atoms with Gasteiger partial charge in [0.15, 0.2) is 0 Å². The fourth-order valence-electron chi connectivity index (χ4n) is 1.44. The third kappa shape index (κ3) is 3.33. The molecule has 0 aliphatic carbocycles. The summed E-state index contributed by atoms with van der Waals surface area (Å²) >= 11 is 0. The first-order valence-corrected chi connectivity index (χ1v) is 5.60. The van der Waals surface area contributed by atoms with Crippen LogP contribution in [-0.2, 0) is 4.74 Å². The summed E-state index contributed by atoms with van der Waals surface area (Å²) in [6.07, 6.45) is 1.58.